The van der Waals surface area contributed by atoms with Crippen LogP contribution >= 0.6 is 11.3 Å². The predicted molar refractivity (Wildman–Crippen MR) is 107 cm³/mol. The zero-order chi connectivity index (χ0) is 18.2. The second-order valence-corrected chi connectivity index (χ2v) is 7.53. The molecular formula is C19H19N7S. The molecule has 1 aliphatic heterocycles. The Labute approximate surface area is 160 Å². The smallest absolute Gasteiger partial charge is 0.157 e. The molecule has 27 heavy (non-hydrogen) atoms. The first-order chi connectivity index (χ1) is 13.3. The Morgan fingerprint density at radius 2 is 1.81 bits per heavy atom. The van der Waals surface area contributed by atoms with Gasteiger partial charge in [-0.25, -0.2) is 4.98 Å². The molecule has 0 bridgehead atoms. The van der Waals surface area contributed by atoms with Gasteiger partial charge in [-0.15, -0.1) is 21.5 Å². The first kappa shape index (κ1) is 16.2. The standard InChI is InChI=1S/C19H19N7S/c1-14-13-19(26-17(21-14)6-7-20-26)25-10-8-24(9-11-25)18-5-4-15(22-23-18)16-3-2-12-27-16/h2-7,12-13H,8-11H2,1H3. The van der Waals surface area contributed by atoms with Gasteiger partial charge in [0.15, 0.2) is 11.5 Å². The molecular weight excluding hydrogens is 358 g/mol. The van der Waals surface area contributed by atoms with Crippen LogP contribution in [0.15, 0.2) is 48.0 Å². The molecule has 0 saturated carbocycles. The summed E-state index contributed by atoms with van der Waals surface area (Å²) in [7, 11) is 0. The van der Waals surface area contributed by atoms with Crippen molar-refractivity contribution in [2.75, 3.05) is 36.0 Å². The number of anilines is 2. The van der Waals surface area contributed by atoms with Crippen LogP contribution in [0.25, 0.3) is 16.2 Å². The van der Waals surface area contributed by atoms with Crippen LogP contribution in [0.1, 0.15) is 5.69 Å². The highest BCUT2D eigenvalue weighted by Crippen LogP contribution is 2.24. The highest BCUT2D eigenvalue weighted by molar-refractivity contribution is 7.13. The van der Waals surface area contributed by atoms with Crippen LogP contribution in [0.2, 0.25) is 0 Å². The molecule has 4 aromatic heterocycles. The van der Waals surface area contributed by atoms with E-state index in [2.05, 4.69) is 59.7 Å². The number of aryl methyl sites for hydroxylation is 1. The predicted octanol–water partition coefficient (Wildman–Crippen LogP) is 2.88. The Morgan fingerprint density at radius 1 is 0.963 bits per heavy atom. The molecule has 8 heteroatoms. The third-order valence-corrected chi connectivity index (χ3v) is 5.71. The minimum Gasteiger partial charge on any atom is -0.353 e. The fraction of sp³-hybridized carbons (Fsp3) is 0.263. The maximum atomic E-state index is 4.53. The van der Waals surface area contributed by atoms with Gasteiger partial charge in [0.1, 0.15) is 11.5 Å². The topological polar surface area (TPSA) is 62.5 Å². The molecule has 0 spiro atoms. The number of piperazine rings is 1. The number of rotatable bonds is 3. The molecule has 7 nitrogen and oxygen atoms in total. The Hall–Kier alpha value is -3.00. The Morgan fingerprint density at radius 3 is 2.56 bits per heavy atom. The molecule has 1 fully saturated rings. The van der Waals surface area contributed by atoms with Crippen LogP contribution in [0.3, 0.4) is 0 Å². The molecule has 0 amide bonds. The molecule has 5 heterocycles. The van der Waals surface area contributed by atoms with Crippen LogP contribution in [-0.2, 0) is 0 Å². The van der Waals surface area contributed by atoms with Gasteiger partial charge in [0.05, 0.1) is 11.1 Å². The normalized spacial score (nSPS) is 14.9. The molecule has 0 unspecified atom stereocenters. The van der Waals surface area contributed by atoms with Gasteiger partial charge >= 0.3 is 0 Å². The lowest BCUT2D eigenvalue weighted by atomic mass is 10.2. The van der Waals surface area contributed by atoms with Crippen molar-refractivity contribution in [2.45, 2.75) is 6.92 Å². The van der Waals surface area contributed by atoms with E-state index >= 15 is 0 Å². The van der Waals surface area contributed by atoms with Gasteiger partial charge in [-0.1, -0.05) is 6.07 Å². The van der Waals surface area contributed by atoms with E-state index in [0.29, 0.717) is 0 Å². The molecule has 0 atom stereocenters. The van der Waals surface area contributed by atoms with Crippen molar-refractivity contribution in [3.8, 4) is 10.6 Å². The van der Waals surface area contributed by atoms with Crippen LogP contribution in [0, 0.1) is 6.92 Å². The van der Waals surface area contributed by atoms with Crippen molar-refractivity contribution in [3.63, 3.8) is 0 Å². The van der Waals surface area contributed by atoms with Gasteiger partial charge in [0.2, 0.25) is 0 Å². The number of thiophene rings is 1. The van der Waals surface area contributed by atoms with Gasteiger partial charge in [-0.05, 0) is 30.5 Å². The summed E-state index contributed by atoms with van der Waals surface area (Å²) in [5.41, 5.74) is 2.83. The number of hydrogen-bond donors (Lipinski definition) is 0. The van der Waals surface area contributed by atoms with E-state index in [1.807, 2.05) is 23.6 Å². The summed E-state index contributed by atoms with van der Waals surface area (Å²) >= 11 is 1.68. The van der Waals surface area contributed by atoms with Crippen molar-refractivity contribution in [3.05, 3.63) is 53.7 Å². The van der Waals surface area contributed by atoms with Crippen LogP contribution in [0.5, 0.6) is 0 Å². The van der Waals surface area contributed by atoms with Gasteiger partial charge in [0, 0.05) is 44.0 Å². The second kappa shape index (κ2) is 6.62. The molecule has 0 radical (unpaired) electrons. The molecule has 1 aliphatic rings. The quantitative estimate of drug-likeness (QED) is 0.547. The van der Waals surface area contributed by atoms with Crippen LogP contribution in [-0.4, -0.2) is 51.0 Å². The summed E-state index contributed by atoms with van der Waals surface area (Å²) in [4.78, 5) is 10.3. The third-order valence-electron chi connectivity index (χ3n) is 4.82. The molecule has 136 valence electrons. The summed E-state index contributed by atoms with van der Waals surface area (Å²) in [6.07, 6.45) is 1.80. The summed E-state index contributed by atoms with van der Waals surface area (Å²) in [5, 5.41) is 15.3. The largest absolute Gasteiger partial charge is 0.353 e. The summed E-state index contributed by atoms with van der Waals surface area (Å²) in [6, 6.07) is 12.3. The zero-order valence-corrected chi connectivity index (χ0v) is 15.8. The average molecular weight is 377 g/mol. The number of fused-ring (bicyclic) bond motifs is 1. The van der Waals surface area contributed by atoms with Crippen LogP contribution in [0.4, 0.5) is 11.6 Å². The molecule has 0 aromatic carbocycles. The fourth-order valence-corrected chi connectivity index (χ4v) is 4.15. The van der Waals surface area contributed by atoms with Crippen molar-refractivity contribution >= 4 is 28.6 Å². The Balaban J connectivity index is 1.32. The van der Waals surface area contributed by atoms with E-state index < -0.39 is 0 Å². The van der Waals surface area contributed by atoms with Crippen LogP contribution < -0.4 is 9.80 Å². The monoisotopic (exact) mass is 377 g/mol. The minimum absolute atomic E-state index is 0.891. The maximum absolute atomic E-state index is 4.53. The third kappa shape index (κ3) is 3.02. The van der Waals surface area contributed by atoms with Crippen molar-refractivity contribution in [1.82, 2.24) is 24.8 Å². The lowest BCUT2D eigenvalue weighted by Crippen LogP contribution is -2.47. The van der Waals surface area contributed by atoms with Gasteiger partial charge in [-0.2, -0.15) is 9.61 Å². The molecule has 1 saturated heterocycles. The first-order valence-electron chi connectivity index (χ1n) is 8.97. The van der Waals surface area contributed by atoms with E-state index in [0.717, 1.165) is 59.7 Å². The minimum atomic E-state index is 0.891. The molecule has 0 N–H and O–H groups in total. The average Bonchev–Trinajstić information content (AvgIpc) is 3.39. The molecule has 4 aromatic rings. The van der Waals surface area contributed by atoms with E-state index in [-0.39, 0.29) is 0 Å². The maximum Gasteiger partial charge on any atom is 0.157 e. The first-order valence-corrected chi connectivity index (χ1v) is 9.85. The second-order valence-electron chi connectivity index (χ2n) is 6.59. The number of nitrogens with zero attached hydrogens (tertiary/aromatic N) is 7. The van der Waals surface area contributed by atoms with E-state index in [9.17, 15) is 0 Å². The summed E-state index contributed by atoms with van der Waals surface area (Å²) in [6.45, 7) is 5.64. The zero-order valence-electron chi connectivity index (χ0n) is 15.0. The van der Waals surface area contributed by atoms with E-state index in [1.165, 1.54) is 0 Å². The van der Waals surface area contributed by atoms with E-state index in [1.54, 1.807) is 17.5 Å². The Kier molecular flexibility index (Phi) is 3.97. The van der Waals surface area contributed by atoms with Crippen molar-refractivity contribution < 1.29 is 0 Å². The summed E-state index contributed by atoms with van der Waals surface area (Å²) in [5.74, 6) is 2.03. The molecule has 0 aliphatic carbocycles. The van der Waals surface area contributed by atoms with Crippen molar-refractivity contribution in [1.29, 1.82) is 0 Å². The highest BCUT2D eigenvalue weighted by atomic mass is 32.1. The lowest BCUT2D eigenvalue weighted by Gasteiger charge is -2.36. The van der Waals surface area contributed by atoms with Gasteiger partial charge in [0.25, 0.3) is 0 Å². The van der Waals surface area contributed by atoms with Gasteiger partial charge in [-0.3, -0.25) is 0 Å². The van der Waals surface area contributed by atoms with Gasteiger partial charge < -0.3 is 9.80 Å². The Bertz CT molecular complexity index is 1050. The summed E-state index contributed by atoms with van der Waals surface area (Å²) < 4.78 is 1.91. The van der Waals surface area contributed by atoms with Crippen molar-refractivity contribution in [2.24, 2.45) is 0 Å². The SMILES string of the molecule is Cc1cc(N2CCN(c3ccc(-c4cccs4)nn3)CC2)n2nccc2n1. The lowest BCUT2D eigenvalue weighted by molar-refractivity contribution is 0.630. The highest BCUT2D eigenvalue weighted by Gasteiger charge is 2.21. The van der Waals surface area contributed by atoms with E-state index in [4.69, 9.17) is 0 Å². The number of aromatic nitrogens is 5. The fourth-order valence-electron chi connectivity index (χ4n) is 3.46. The molecule has 5 rings (SSSR count). The number of hydrogen-bond acceptors (Lipinski definition) is 7.